The Kier molecular flexibility index (Phi) is 6.62. The van der Waals surface area contributed by atoms with Crippen LogP contribution >= 0.6 is 23.1 Å². The highest BCUT2D eigenvalue weighted by Crippen LogP contribution is 2.32. The van der Waals surface area contributed by atoms with Crippen LogP contribution < -0.4 is 5.32 Å². The monoisotopic (exact) mass is 438 g/mol. The second-order valence-corrected chi connectivity index (χ2v) is 9.08. The molecule has 1 atom stereocenters. The van der Waals surface area contributed by atoms with Gasteiger partial charge in [-0.3, -0.25) is 14.9 Å². The number of anilines is 1. The van der Waals surface area contributed by atoms with Crippen LogP contribution in [0, 0.1) is 0 Å². The molecular formula is C23H22N2O3S2. The zero-order valence-electron chi connectivity index (χ0n) is 16.6. The summed E-state index contributed by atoms with van der Waals surface area (Å²) in [5.74, 6) is 0.530. The molecule has 0 radical (unpaired) electrons. The minimum absolute atomic E-state index is 0.0700. The number of carbonyl (C=O) groups excluding carboxylic acids is 2. The number of hydrogen-bond acceptors (Lipinski definition) is 6. The molecule has 1 aliphatic heterocycles. The number of nitrogens with zero attached hydrogens (tertiary/aromatic N) is 1. The molecule has 30 heavy (non-hydrogen) atoms. The van der Waals surface area contributed by atoms with Crippen molar-refractivity contribution in [3.8, 4) is 11.3 Å². The molecule has 5 nitrogen and oxygen atoms in total. The second-order valence-electron chi connectivity index (χ2n) is 7.02. The number of amides is 1. The fraction of sp³-hybridized carbons (Fsp3) is 0.261. The van der Waals surface area contributed by atoms with Crippen LogP contribution in [-0.2, 0) is 4.74 Å². The maximum atomic E-state index is 13.0. The van der Waals surface area contributed by atoms with E-state index in [2.05, 4.69) is 10.3 Å². The minimum Gasteiger partial charge on any atom is -0.377 e. The van der Waals surface area contributed by atoms with Crippen LogP contribution in [0.1, 0.15) is 39.8 Å². The van der Waals surface area contributed by atoms with Gasteiger partial charge >= 0.3 is 0 Å². The van der Waals surface area contributed by atoms with E-state index in [1.54, 1.807) is 11.8 Å². The van der Waals surface area contributed by atoms with Crippen molar-refractivity contribution in [1.82, 2.24) is 4.98 Å². The summed E-state index contributed by atoms with van der Waals surface area (Å²) in [5.41, 5.74) is 2.05. The Bertz CT molecular complexity index is 1040. The smallest absolute Gasteiger partial charge is 0.258 e. The molecule has 1 aromatic heterocycles. The van der Waals surface area contributed by atoms with Crippen LogP contribution in [0.25, 0.3) is 11.3 Å². The molecule has 2 heterocycles. The molecule has 3 aromatic rings. The number of aromatic nitrogens is 1. The Hall–Kier alpha value is -2.48. The van der Waals surface area contributed by atoms with E-state index in [0.29, 0.717) is 21.3 Å². The van der Waals surface area contributed by atoms with Gasteiger partial charge in [-0.15, -0.1) is 11.8 Å². The highest BCUT2D eigenvalue weighted by Gasteiger charge is 2.21. The van der Waals surface area contributed by atoms with Crippen LogP contribution in [-0.4, -0.2) is 35.1 Å². The SMILES string of the molecule is CC(=O)c1sc(NC(=O)c2ccccc2SCC2CCCO2)nc1-c1ccccc1. The van der Waals surface area contributed by atoms with Gasteiger partial charge in [-0.1, -0.05) is 53.8 Å². The van der Waals surface area contributed by atoms with E-state index in [1.165, 1.54) is 18.3 Å². The lowest BCUT2D eigenvalue weighted by Crippen LogP contribution is -2.14. The van der Waals surface area contributed by atoms with Crippen molar-refractivity contribution in [3.63, 3.8) is 0 Å². The van der Waals surface area contributed by atoms with Crippen molar-refractivity contribution in [3.05, 3.63) is 65.0 Å². The standard InChI is InChI=1S/C23H22N2O3S2/c1-15(26)21-20(16-8-3-2-4-9-16)24-23(30-21)25-22(27)18-11-5-6-12-19(18)29-14-17-10-7-13-28-17/h2-6,8-9,11-12,17H,7,10,13-14H2,1H3,(H,24,25,27). The van der Waals surface area contributed by atoms with Crippen LogP contribution in [0.4, 0.5) is 5.13 Å². The largest absolute Gasteiger partial charge is 0.377 e. The van der Waals surface area contributed by atoms with Crippen molar-refractivity contribution < 1.29 is 14.3 Å². The number of nitrogens with one attached hydrogen (secondary N) is 1. The quantitative estimate of drug-likeness (QED) is 0.388. The van der Waals surface area contributed by atoms with Gasteiger partial charge in [0, 0.05) is 29.7 Å². The van der Waals surface area contributed by atoms with Crippen molar-refractivity contribution >= 4 is 39.9 Å². The fourth-order valence-corrected chi connectivity index (χ4v) is 5.30. The predicted molar refractivity (Wildman–Crippen MR) is 122 cm³/mol. The van der Waals surface area contributed by atoms with E-state index in [1.807, 2.05) is 54.6 Å². The number of thiazole rings is 1. The molecule has 0 bridgehead atoms. The summed E-state index contributed by atoms with van der Waals surface area (Å²) in [5, 5.41) is 3.30. The first-order valence-electron chi connectivity index (χ1n) is 9.84. The molecular weight excluding hydrogens is 416 g/mol. The molecule has 1 amide bonds. The van der Waals surface area contributed by atoms with Crippen LogP contribution in [0.5, 0.6) is 0 Å². The Morgan fingerprint density at radius 2 is 1.93 bits per heavy atom. The average molecular weight is 439 g/mol. The third-order valence-corrected chi connectivity index (χ3v) is 7.07. The van der Waals surface area contributed by atoms with Gasteiger partial charge in [-0.25, -0.2) is 4.98 Å². The van der Waals surface area contributed by atoms with Crippen molar-refractivity contribution in [2.24, 2.45) is 0 Å². The summed E-state index contributed by atoms with van der Waals surface area (Å²) >= 11 is 2.84. The second kappa shape index (κ2) is 9.55. The van der Waals surface area contributed by atoms with E-state index < -0.39 is 0 Å². The summed E-state index contributed by atoms with van der Waals surface area (Å²) in [7, 11) is 0. The lowest BCUT2D eigenvalue weighted by Gasteiger charge is -2.11. The van der Waals surface area contributed by atoms with E-state index >= 15 is 0 Å². The first kappa shape index (κ1) is 20.8. The first-order valence-corrected chi connectivity index (χ1v) is 11.6. The van der Waals surface area contributed by atoms with Gasteiger partial charge in [0.1, 0.15) is 0 Å². The number of thioether (sulfide) groups is 1. The van der Waals surface area contributed by atoms with Gasteiger partial charge in [-0.2, -0.15) is 0 Å². The molecule has 0 saturated carbocycles. The first-order chi connectivity index (χ1) is 14.6. The number of rotatable bonds is 7. The summed E-state index contributed by atoms with van der Waals surface area (Å²) in [6.07, 6.45) is 2.41. The average Bonchev–Trinajstić information content (AvgIpc) is 3.43. The van der Waals surface area contributed by atoms with Crippen molar-refractivity contribution in [1.29, 1.82) is 0 Å². The van der Waals surface area contributed by atoms with Crippen molar-refractivity contribution in [2.75, 3.05) is 17.7 Å². The zero-order chi connectivity index (χ0) is 20.9. The highest BCUT2D eigenvalue weighted by atomic mass is 32.2. The van der Waals surface area contributed by atoms with Crippen LogP contribution in [0.2, 0.25) is 0 Å². The predicted octanol–water partition coefficient (Wildman–Crippen LogP) is 5.54. The topological polar surface area (TPSA) is 68.3 Å². The zero-order valence-corrected chi connectivity index (χ0v) is 18.2. The number of carbonyl (C=O) groups is 2. The molecule has 0 aliphatic carbocycles. The maximum Gasteiger partial charge on any atom is 0.258 e. The Labute approximate surface area is 183 Å². The molecule has 1 fully saturated rings. The van der Waals surface area contributed by atoms with Gasteiger partial charge in [0.2, 0.25) is 0 Å². The van der Waals surface area contributed by atoms with E-state index in [0.717, 1.165) is 35.7 Å². The molecule has 7 heteroatoms. The van der Waals surface area contributed by atoms with Crippen molar-refractivity contribution in [2.45, 2.75) is 30.8 Å². The maximum absolute atomic E-state index is 13.0. The van der Waals surface area contributed by atoms with Crippen LogP contribution in [0.3, 0.4) is 0 Å². The Morgan fingerprint density at radius 1 is 1.17 bits per heavy atom. The lowest BCUT2D eigenvalue weighted by molar-refractivity contribution is 0.101. The number of ketones is 1. The molecule has 4 rings (SSSR count). The molecule has 1 aliphatic rings. The lowest BCUT2D eigenvalue weighted by atomic mass is 10.1. The molecule has 154 valence electrons. The summed E-state index contributed by atoms with van der Waals surface area (Å²) < 4.78 is 5.69. The molecule has 1 N–H and O–H groups in total. The number of ether oxygens (including phenoxy) is 1. The summed E-state index contributed by atoms with van der Waals surface area (Å²) in [6, 6.07) is 17.1. The molecule has 1 unspecified atom stereocenters. The summed E-state index contributed by atoms with van der Waals surface area (Å²) in [6.45, 7) is 2.34. The molecule has 2 aromatic carbocycles. The highest BCUT2D eigenvalue weighted by molar-refractivity contribution is 7.99. The number of Topliss-reactive ketones (excluding diaryl/α,β-unsaturated/α-hetero) is 1. The summed E-state index contributed by atoms with van der Waals surface area (Å²) in [4.78, 5) is 31.1. The van der Waals surface area contributed by atoms with E-state index in [9.17, 15) is 9.59 Å². The Morgan fingerprint density at radius 3 is 2.67 bits per heavy atom. The van der Waals surface area contributed by atoms with E-state index in [4.69, 9.17) is 4.74 Å². The molecule has 1 saturated heterocycles. The van der Waals surface area contributed by atoms with E-state index in [-0.39, 0.29) is 17.8 Å². The minimum atomic E-state index is -0.228. The Balaban J connectivity index is 1.54. The fourth-order valence-electron chi connectivity index (χ4n) is 3.31. The van der Waals surface area contributed by atoms with Gasteiger partial charge in [0.05, 0.1) is 22.2 Å². The third kappa shape index (κ3) is 4.80. The van der Waals surface area contributed by atoms with Gasteiger partial charge < -0.3 is 4.74 Å². The number of benzene rings is 2. The van der Waals surface area contributed by atoms with Gasteiger partial charge in [-0.05, 0) is 25.0 Å². The molecule has 0 spiro atoms. The third-order valence-electron chi connectivity index (χ3n) is 4.80. The number of hydrogen-bond donors (Lipinski definition) is 1. The normalized spacial score (nSPS) is 15.8. The van der Waals surface area contributed by atoms with Gasteiger partial charge in [0.25, 0.3) is 5.91 Å². The van der Waals surface area contributed by atoms with Gasteiger partial charge in [0.15, 0.2) is 10.9 Å². The van der Waals surface area contributed by atoms with Crippen LogP contribution in [0.15, 0.2) is 59.5 Å².